The number of rotatable bonds is 4. The van der Waals surface area contributed by atoms with E-state index in [1.54, 1.807) is 19.9 Å². The average Bonchev–Trinajstić information content (AvgIpc) is 2.22. The lowest BCUT2D eigenvalue weighted by Crippen LogP contribution is -1.84. The second kappa shape index (κ2) is 62.0. The van der Waals surface area contributed by atoms with Gasteiger partial charge in [0.25, 0.3) is 0 Å². The first kappa shape index (κ1) is 50.2. The maximum absolute atomic E-state index is 10.0. The van der Waals surface area contributed by atoms with Gasteiger partial charge in [0.15, 0.2) is 0 Å². The minimum Gasteiger partial charge on any atom is -0.300 e. The van der Waals surface area contributed by atoms with Gasteiger partial charge in [0.05, 0.1) is 0 Å². The summed E-state index contributed by atoms with van der Waals surface area (Å²) in [5.41, 5.74) is 0. The zero-order valence-electron chi connectivity index (χ0n) is 12.3. The smallest absolute Gasteiger partial charge is 0.129 e. The van der Waals surface area contributed by atoms with Crippen molar-refractivity contribution in [3.8, 4) is 0 Å². The maximum Gasteiger partial charge on any atom is 0.129 e. The van der Waals surface area contributed by atoms with E-state index in [0.29, 0.717) is 0 Å². The summed E-state index contributed by atoms with van der Waals surface area (Å²) in [6, 6.07) is 0. The lowest BCUT2D eigenvalue weighted by molar-refractivity contribution is -0.117. The van der Waals surface area contributed by atoms with E-state index >= 15 is 0 Å². The van der Waals surface area contributed by atoms with Gasteiger partial charge in [-0.1, -0.05) is 49.6 Å². The molecule has 0 spiro atoms. The zero-order chi connectivity index (χ0) is 14.7. The molecule has 0 bridgehead atoms. The summed E-state index contributed by atoms with van der Waals surface area (Å²) in [7, 11) is 0. The van der Waals surface area contributed by atoms with Gasteiger partial charge in [-0.05, 0) is 33.6 Å². The molecule has 0 heterocycles. The standard InChI is InChI=1S/2C5H10O.C3H6.C2H4.4CH4/c2*1-3-4-5(2)6;1-3-2;1-2;;;;/h2*3-4H2,1-2H3;3H,1H2,2H3;1-2H2;4*1H4. The van der Waals surface area contributed by atoms with Gasteiger partial charge in [0.1, 0.15) is 11.6 Å². The highest BCUT2D eigenvalue weighted by Gasteiger charge is 1.84. The number of hydrogen-bond acceptors (Lipinski definition) is 2. The molecule has 0 rings (SSSR count). The molecule has 2 nitrogen and oxygen atoms in total. The SMILES string of the molecule is C.C.C.C.C=C.C=CC.CCCC(C)=O.CCCC(C)=O. The zero-order valence-corrected chi connectivity index (χ0v) is 12.3. The first-order chi connectivity index (χ1) is 7.95. The molecule has 0 amide bonds. The van der Waals surface area contributed by atoms with Crippen LogP contribution in [0.5, 0.6) is 0 Å². The quantitative estimate of drug-likeness (QED) is 0.511. The van der Waals surface area contributed by atoms with E-state index in [0.717, 1.165) is 25.7 Å². The fourth-order valence-corrected chi connectivity index (χ4v) is 0.704. The van der Waals surface area contributed by atoms with Crippen LogP contribution in [0, 0.1) is 0 Å². The molecule has 21 heavy (non-hydrogen) atoms. The Bertz CT molecular complexity index is 156. The lowest BCUT2D eigenvalue weighted by Gasteiger charge is -1.80. The van der Waals surface area contributed by atoms with Crippen LogP contribution in [0.4, 0.5) is 0 Å². The summed E-state index contributed by atoms with van der Waals surface area (Å²) < 4.78 is 0. The highest BCUT2D eigenvalue weighted by Crippen LogP contribution is 1.84. The Kier molecular flexibility index (Phi) is 148. The van der Waals surface area contributed by atoms with E-state index in [2.05, 4.69) is 19.7 Å². The molecule has 0 atom stereocenters. The van der Waals surface area contributed by atoms with Crippen molar-refractivity contribution < 1.29 is 9.59 Å². The molecule has 2 heteroatoms. The van der Waals surface area contributed by atoms with Crippen molar-refractivity contribution in [3.63, 3.8) is 0 Å². The molecule has 0 saturated heterocycles. The molecule has 0 saturated carbocycles. The normalized spacial score (nSPS) is 5.57. The number of ketones is 2. The Morgan fingerprint density at radius 1 is 0.810 bits per heavy atom. The van der Waals surface area contributed by atoms with Crippen LogP contribution in [0.3, 0.4) is 0 Å². The van der Waals surface area contributed by atoms with E-state index in [-0.39, 0.29) is 41.3 Å². The summed E-state index contributed by atoms with van der Waals surface area (Å²) in [4.78, 5) is 20.1. The lowest BCUT2D eigenvalue weighted by atomic mass is 10.3. The molecule has 0 N–H and O–H groups in total. The monoisotopic (exact) mass is 306 g/mol. The fourth-order valence-electron chi connectivity index (χ4n) is 0.704. The van der Waals surface area contributed by atoms with Crippen molar-refractivity contribution in [1.29, 1.82) is 0 Å². The van der Waals surface area contributed by atoms with Crippen molar-refractivity contribution in [1.82, 2.24) is 0 Å². The predicted molar refractivity (Wildman–Crippen MR) is 105 cm³/mol. The van der Waals surface area contributed by atoms with Crippen LogP contribution in [0.2, 0.25) is 0 Å². The highest BCUT2D eigenvalue weighted by molar-refractivity contribution is 5.75. The second-order valence-electron chi connectivity index (χ2n) is 3.31. The molecule has 0 aromatic carbocycles. The topological polar surface area (TPSA) is 34.1 Å². The molecular formula is C19H46O2. The van der Waals surface area contributed by atoms with Crippen molar-refractivity contribution in [2.24, 2.45) is 0 Å². The van der Waals surface area contributed by atoms with E-state index < -0.39 is 0 Å². The van der Waals surface area contributed by atoms with E-state index in [4.69, 9.17) is 0 Å². The molecule has 0 aliphatic heterocycles. The molecule has 0 fully saturated rings. The minimum absolute atomic E-state index is 0. The van der Waals surface area contributed by atoms with Gasteiger partial charge in [0.2, 0.25) is 0 Å². The Morgan fingerprint density at radius 2 is 0.952 bits per heavy atom. The van der Waals surface area contributed by atoms with Gasteiger partial charge in [-0.3, -0.25) is 0 Å². The van der Waals surface area contributed by atoms with Crippen LogP contribution >= 0.6 is 0 Å². The van der Waals surface area contributed by atoms with E-state index in [9.17, 15) is 9.59 Å². The highest BCUT2D eigenvalue weighted by atomic mass is 16.1. The second-order valence-corrected chi connectivity index (χ2v) is 3.31. The molecule has 134 valence electrons. The summed E-state index contributed by atoms with van der Waals surface area (Å²) in [5, 5.41) is 0. The molecule has 0 radical (unpaired) electrons. The minimum atomic E-state index is 0. The summed E-state index contributed by atoms with van der Waals surface area (Å²) in [6.45, 7) is 18.5. The molecular weight excluding hydrogens is 260 g/mol. The average molecular weight is 307 g/mol. The number of Topliss-reactive ketones (excluding diaryl/α,β-unsaturated/α-hetero) is 2. The Hall–Kier alpha value is -1.18. The molecule has 0 aromatic rings. The van der Waals surface area contributed by atoms with Crippen molar-refractivity contribution in [2.75, 3.05) is 0 Å². The molecule has 0 aromatic heterocycles. The van der Waals surface area contributed by atoms with Crippen LogP contribution in [-0.4, -0.2) is 11.6 Å². The Labute approximate surface area is 137 Å². The third kappa shape index (κ3) is 229. The molecule has 0 aliphatic carbocycles. The largest absolute Gasteiger partial charge is 0.300 e. The fraction of sp³-hybridized carbons (Fsp3) is 0.684. The van der Waals surface area contributed by atoms with Gasteiger partial charge >= 0.3 is 0 Å². The van der Waals surface area contributed by atoms with Gasteiger partial charge in [-0.25, -0.2) is 0 Å². The van der Waals surface area contributed by atoms with E-state index in [1.807, 2.05) is 20.8 Å². The number of allylic oxidation sites excluding steroid dienone is 1. The summed E-state index contributed by atoms with van der Waals surface area (Å²) in [6.07, 6.45) is 5.19. The van der Waals surface area contributed by atoms with Crippen LogP contribution in [0.15, 0.2) is 25.8 Å². The number of carbonyl (C=O) groups excluding carboxylic acids is 2. The van der Waals surface area contributed by atoms with Gasteiger partial charge < -0.3 is 9.59 Å². The summed E-state index contributed by atoms with van der Waals surface area (Å²) >= 11 is 0. The van der Waals surface area contributed by atoms with Crippen molar-refractivity contribution in [3.05, 3.63) is 25.8 Å². The van der Waals surface area contributed by atoms with Crippen molar-refractivity contribution in [2.45, 2.75) is 90.0 Å². The Balaban J connectivity index is -0.0000000180. The summed E-state index contributed by atoms with van der Waals surface area (Å²) in [5.74, 6) is 0.579. The van der Waals surface area contributed by atoms with Crippen LogP contribution in [0.1, 0.15) is 90.0 Å². The van der Waals surface area contributed by atoms with Crippen LogP contribution < -0.4 is 0 Å². The number of carbonyl (C=O) groups is 2. The maximum atomic E-state index is 10.0. The van der Waals surface area contributed by atoms with Crippen LogP contribution in [-0.2, 0) is 9.59 Å². The first-order valence-electron chi connectivity index (χ1n) is 6.02. The molecule has 0 aliphatic rings. The third-order valence-corrected chi connectivity index (χ3v) is 1.20. The third-order valence-electron chi connectivity index (χ3n) is 1.20. The Morgan fingerprint density at radius 3 is 0.952 bits per heavy atom. The predicted octanol–water partition coefficient (Wildman–Crippen LogP) is 7.29. The molecule has 0 unspecified atom stereocenters. The number of hydrogen-bond donors (Lipinski definition) is 0. The van der Waals surface area contributed by atoms with Crippen LogP contribution in [0.25, 0.3) is 0 Å². The first-order valence-corrected chi connectivity index (χ1v) is 6.02. The van der Waals surface area contributed by atoms with Gasteiger partial charge in [-0.2, -0.15) is 0 Å². The van der Waals surface area contributed by atoms with Gasteiger partial charge in [-0.15, -0.1) is 19.7 Å². The van der Waals surface area contributed by atoms with Gasteiger partial charge in [0, 0.05) is 12.8 Å². The van der Waals surface area contributed by atoms with E-state index in [1.165, 1.54) is 0 Å². The van der Waals surface area contributed by atoms with Crippen molar-refractivity contribution >= 4 is 11.6 Å².